The van der Waals surface area contributed by atoms with Crippen molar-refractivity contribution in [2.24, 2.45) is 5.92 Å². The highest BCUT2D eigenvalue weighted by Gasteiger charge is 2.30. The highest BCUT2D eigenvalue weighted by molar-refractivity contribution is 5.95. The Hall–Kier alpha value is -2.34. The van der Waals surface area contributed by atoms with Crippen molar-refractivity contribution in [3.05, 3.63) is 41.7 Å². The number of para-hydroxylation sites is 1. The minimum Gasteiger partial charge on any atom is -0.504 e. The maximum Gasteiger partial charge on any atom is 0.278 e. The molecule has 2 aromatic rings. The van der Waals surface area contributed by atoms with Crippen LogP contribution in [0.15, 0.2) is 30.5 Å². The molecule has 134 valence electrons. The number of hydrogen-bond donors (Lipinski definition) is 2. The number of carbonyl (C=O) groups is 1. The Kier molecular flexibility index (Phi) is 5.08. The number of aromatic nitrogens is 2. The van der Waals surface area contributed by atoms with Gasteiger partial charge < -0.3 is 15.1 Å². The van der Waals surface area contributed by atoms with Gasteiger partial charge in [-0.05, 0) is 37.8 Å². The number of carbonyl (C=O) groups excluding carboxylic acids is 1. The first kappa shape index (κ1) is 17.5. The molecule has 6 nitrogen and oxygen atoms in total. The van der Waals surface area contributed by atoms with E-state index in [0.29, 0.717) is 13.1 Å². The summed E-state index contributed by atoms with van der Waals surface area (Å²) in [7, 11) is 0. The Balaban J connectivity index is 1.86. The molecule has 1 aliphatic heterocycles. The van der Waals surface area contributed by atoms with Crippen molar-refractivity contribution in [3.8, 4) is 11.4 Å². The summed E-state index contributed by atoms with van der Waals surface area (Å²) in [4.78, 5) is 14.5. The molecule has 0 spiro atoms. The van der Waals surface area contributed by atoms with Gasteiger partial charge in [-0.3, -0.25) is 4.79 Å². The lowest BCUT2D eigenvalue weighted by Gasteiger charge is -2.33. The molecule has 2 atom stereocenters. The fourth-order valence-corrected chi connectivity index (χ4v) is 3.41. The maximum absolute atomic E-state index is 12.8. The second-order valence-corrected chi connectivity index (χ2v) is 6.68. The molecular weight excluding hydrogens is 318 g/mol. The first-order valence-electron chi connectivity index (χ1n) is 8.85. The molecule has 2 heterocycles. The standard InChI is InChI=1S/C19H25N3O3/c1-3-14-7-4-5-9-16(14)22-12-17(24)18(20-22)19(25)21-10-6-8-15(11-21)13(2)23/h4-5,7,9,12-13,15,23-24H,3,6,8,10-11H2,1-2H3. The third-order valence-electron chi connectivity index (χ3n) is 4.94. The third-order valence-corrected chi connectivity index (χ3v) is 4.94. The number of hydrogen-bond acceptors (Lipinski definition) is 4. The average molecular weight is 343 g/mol. The zero-order chi connectivity index (χ0) is 18.0. The van der Waals surface area contributed by atoms with Crippen LogP contribution in [-0.2, 0) is 6.42 Å². The van der Waals surface area contributed by atoms with Gasteiger partial charge in [0, 0.05) is 19.0 Å². The molecule has 0 aliphatic carbocycles. The largest absolute Gasteiger partial charge is 0.504 e. The zero-order valence-corrected chi connectivity index (χ0v) is 14.7. The minimum absolute atomic E-state index is 0.0668. The lowest BCUT2D eigenvalue weighted by molar-refractivity contribution is 0.0459. The zero-order valence-electron chi connectivity index (χ0n) is 14.7. The smallest absolute Gasteiger partial charge is 0.278 e. The number of rotatable bonds is 4. The van der Waals surface area contributed by atoms with Gasteiger partial charge in [0.05, 0.1) is 18.0 Å². The van der Waals surface area contributed by atoms with Crippen molar-refractivity contribution < 1.29 is 15.0 Å². The molecule has 6 heteroatoms. The summed E-state index contributed by atoms with van der Waals surface area (Å²) >= 11 is 0. The first-order valence-corrected chi connectivity index (χ1v) is 8.85. The highest BCUT2D eigenvalue weighted by atomic mass is 16.3. The monoisotopic (exact) mass is 343 g/mol. The van der Waals surface area contributed by atoms with E-state index in [2.05, 4.69) is 12.0 Å². The fourth-order valence-electron chi connectivity index (χ4n) is 3.41. The van der Waals surface area contributed by atoms with Crippen LogP contribution in [0, 0.1) is 5.92 Å². The van der Waals surface area contributed by atoms with E-state index in [1.165, 1.54) is 6.20 Å². The Bertz CT molecular complexity index is 754. The summed E-state index contributed by atoms with van der Waals surface area (Å²) in [6.45, 7) is 4.93. The number of aryl methyl sites for hydroxylation is 1. The molecule has 0 bridgehead atoms. The van der Waals surface area contributed by atoms with Crippen LogP contribution in [0.3, 0.4) is 0 Å². The van der Waals surface area contributed by atoms with Crippen molar-refractivity contribution >= 4 is 5.91 Å². The summed E-state index contributed by atoms with van der Waals surface area (Å²) in [5, 5.41) is 24.4. The molecular formula is C19H25N3O3. The van der Waals surface area contributed by atoms with Crippen LogP contribution < -0.4 is 0 Å². The van der Waals surface area contributed by atoms with Gasteiger partial charge in [0.2, 0.25) is 0 Å². The number of aliphatic hydroxyl groups is 1. The summed E-state index contributed by atoms with van der Waals surface area (Å²) < 4.78 is 1.57. The molecule has 1 amide bonds. The minimum atomic E-state index is -0.446. The SMILES string of the molecule is CCc1ccccc1-n1cc(O)c(C(=O)N2CCCC(C(C)O)C2)n1. The normalized spacial score (nSPS) is 19.0. The van der Waals surface area contributed by atoms with Gasteiger partial charge in [-0.15, -0.1) is 0 Å². The molecule has 2 N–H and O–H groups in total. The molecule has 25 heavy (non-hydrogen) atoms. The van der Waals surface area contributed by atoms with Gasteiger partial charge in [-0.2, -0.15) is 5.10 Å². The predicted octanol–water partition coefficient (Wildman–Crippen LogP) is 2.37. The second-order valence-electron chi connectivity index (χ2n) is 6.68. The van der Waals surface area contributed by atoms with Crippen molar-refractivity contribution in [2.45, 2.75) is 39.2 Å². The molecule has 3 rings (SSSR count). The Labute approximate surface area is 147 Å². The third kappa shape index (κ3) is 3.54. The highest BCUT2D eigenvalue weighted by Crippen LogP contribution is 2.25. The molecule has 1 aromatic carbocycles. The lowest BCUT2D eigenvalue weighted by Crippen LogP contribution is -2.43. The number of nitrogens with zero attached hydrogens (tertiary/aromatic N) is 3. The van der Waals surface area contributed by atoms with Crippen molar-refractivity contribution in [3.63, 3.8) is 0 Å². The first-order chi connectivity index (χ1) is 12.0. The second kappa shape index (κ2) is 7.27. The Morgan fingerprint density at radius 2 is 2.16 bits per heavy atom. The number of aromatic hydroxyl groups is 1. The summed E-state index contributed by atoms with van der Waals surface area (Å²) in [6.07, 6.45) is 3.63. The van der Waals surface area contributed by atoms with E-state index in [9.17, 15) is 15.0 Å². The summed E-state index contributed by atoms with van der Waals surface area (Å²) in [6, 6.07) is 7.80. The van der Waals surface area contributed by atoms with Crippen LogP contribution in [0.1, 0.15) is 42.7 Å². The number of aliphatic hydroxyl groups excluding tert-OH is 1. The van der Waals surface area contributed by atoms with E-state index in [1.807, 2.05) is 24.3 Å². The van der Waals surface area contributed by atoms with E-state index >= 15 is 0 Å². The van der Waals surface area contributed by atoms with Crippen molar-refractivity contribution in [1.29, 1.82) is 0 Å². The number of likely N-dealkylation sites (tertiary alicyclic amines) is 1. The van der Waals surface area contributed by atoms with E-state index in [-0.39, 0.29) is 23.3 Å². The number of benzene rings is 1. The van der Waals surface area contributed by atoms with Crippen LogP contribution in [0.25, 0.3) is 5.69 Å². The molecule has 1 saturated heterocycles. The van der Waals surface area contributed by atoms with Crippen molar-refractivity contribution in [2.75, 3.05) is 13.1 Å². The van der Waals surface area contributed by atoms with E-state index in [1.54, 1.807) is 16.5 Å². The quantitative estimate of drug-likeness (QED) is 0.893. The fraction of sp³-hybridized carbons (Fsp3) is 0.474. The van der Waals surface area contributed by atoms with Gasteiger partial charge in [0.1, 0.15) is 0 Å². The maximum atomic E-state index is 12.8. The molecule has 2 unspecified atom stereocenters. The number of piperidine rings is 1. The van der Waals surface area contributed by atoms with Gasteiger partial charge in [0.25, 0.3) is 5.91 Å². The van der Waals surface area contributed by atoms with E-state index in [0.717, 1.165) is 30.5 Å². The molecule has 1 aromatic heterocycles. The van der Waals surface area contributed by atoms with Gasteiger partial charge >= 0.3 is 0 Å². The van der Waals surface area contributed by atoms with Crippen LogP contribution in [0.4, 0.5) is 0 Å². The predicted molar refractivity (Wildman–Crippen MR) is 94.9 cm³/mol. The Morgan fingerprint density at radius 3 is 2.88 bits per heavy atom. The van der Waals surface area contributed by atoms with Crippen LogP contribution >= 0.6 is 0 Å². The summed E-state index contributed by atoms with van der Waals surface area (Å²) in [5.74, 6) is -0.326. The molecule has 1 aliphatic rings. The Morgan fingerprint density at radius 1 is 1.40 bits per heavy atom. The van der Waals surface area contributed by atoms with Gasteiger partial charge in [-0.25, -0.2) is 4.68 Å². The van der Waals surface area contributed by atoms with E-state index < -0.39 is 6.10 Å². The van der Waals surface area contributed by atoms with Crippen LogP contribution in [0.5, 0.6) is 5.75 Å². The van der Waals surface area contributed by atoms with Crippen LogP contribution in [0.2, 0.25) is 0 Å². The van der Waals surface area contributed by atoms with E-state index in [4.69, 9.17) is 0 Å². The molecule has 1 fully saturated rings. The topological polar surface area (TPSA) is 78.6 Å². The van der Waals surface area contributed by atoms with Gasteiger partial charge in [-0.1, -0.05) is 25.1 Å². The molecule has 0 saturated carbocycles. The average Bonchev–Trinajstić information content (AvgIpc) is 3.02. The van der Waals surface area contributed by atoms with Crippen LogP contribution in [-0.4, -0.2) is 50.0 Å². The summed E-state index contributed by atoms with van der Waals surface area (Å²) in [5.41, 5.74) is 2.02. The lowest BCUT2D eigenvalue weighted by atomic mass is 9.93. The number of amides is 1. The van der Waals surface area contributed by atoms with Gasteiger partial charge in [0.15, 0.2) is 11.4 Å². The van der Waals surface area contributed by atoms with Crippen molar-refractivity contribution in [1.82, 2.24) is 14.7 Å². The molecule has 0 radical (unpaired) electrons.